The van der Waals surface area contributed by atoms with Gasteiger partial charge in [-0.05, 0) is 6.42 Å². The van der Waals surface area contributed by atoms with Gasteiger partial charge in [0.15, 0.2) is 9.84 Å². The van der Waals surface area contributed by atoms with Crippen LogP contribution in [0, 0.1) is 0 Å². The van der Waals surface area contributed by atoms with E-state index < -0.39 is 9.84 Å². The third-order valence-corrected chi connectivity index (χ3v) is 4.17. The molecule has 0 aromatic heterocycles. The Kier molecular flexibility index (Phi) is 4.04. The van der Waals surface area contributed by atoms with E-state index in [1.54, 1.807) is 0 Å². The highest BCUT2D eigenvalue weighted by atomic mass is 32.2. The number of sulfone groups is 1. The molecular formula is C8H14N2O3S2. The van der Waals surface area contributed by atoms with Crippen LogP contribution >= 0.6 is 12.2 Å². The topological polar surface area (TPSA) is 89.3 Å². The molecule has 1 rings (SSSR count). The van der Waals surface area contributed by atoms with E-state index in [1.165, 1.54) is 0 Å². The van der Waals surface area contributed by atoms with Crippen molar-refractivity contribution in [2.24, 2.45) is 5.73 Å². The first-order valence-corrected chi connectivity index (χ1v) is 6.90. The Hall–Kier alpha value is -0.690. The SMILES string of the molecule is NC(=S)CCC(=O)NC1CCS(=O)(=O)C1. The second kappa shape index (κ2) is 4.89. The van der Waals surface area contributed by atoms with Gasteiger partial charge in [0.25, 0.3) is 0 Å². The highest BCUT2D eigenvalue weighted by Crippen LogP contribution is 2.11. The second-order valence-corrected chi connectivity index (χ2v) is 6.39. The van der Waals surface area contributed by atoms with Crippen LogP contribution in [0.5, 0.6) is 0 Å². The number of rotatable bonds is 4. The molecule has 0 aliphatic carbocycles. The molecule has 7 heteroatoms. The van der Waals surface area contributed by atoms with E-state index in [0.29, 0.717) is 17.8 Å². The molecule has 0 bridgehead atoms. The fourth-order valence-corrected chi connectivity index (χ4v) is 3.22. The van der Waals surface area contributed by atoms with Crippen molar-refractivity contribution in [1.29, 1.82) is 0 Å². The summed E-state index contributed by atoms with van der Waals surface area (Å²) in [4.78, 5) is 11.6. The minimum Gasteiger partial charge on any atom is -0.393 e. The van der Waals surface area contributed by atoms with Gasteiger partial charge in [0.2, 0.25) is 5.91 Å². The molecule has 1 fully saturated rings. The van der Waals surface area contributed by atoms with Crippen molar-refractivity contribution in [1.82, 2.24) is 5.32 Å². The lowest BCUT2D eigenvalue weighted by molar-refractivity contribution is -0.121. The van der Waals surface area contributed by atoms with E-state index in [2.05, 4.69) is 17.5 Å². The predicted octanol–water partition coefficient (Wildman–Crippen LogP) is -0.644. The van der Waals surface area contributed by atoms with Gasteiger partial charge >= 0.3 is 0 Å². The molecule has 1 atom stereocenters. The minimum absolute atomic E-state index is 0.0474. The third-order valence-electron chi connectivity index (χ3n) is 2.20. The van der Waals surface area contributed by atoms with Crippen LogP contribution < -0.4 is 11.1 Å². The van der Waals surface area contributed by atoms with Crippen molar-refractivity contribution in [3.63, 3.8) is 0 Å². The third kappa shape index (κ3) is 4.57. The molecule has 1 heterocycles. The maximum Gasteiger partial charge on any atom is 0.220 e. The van der Waals surface area contributed by atoms with Gasteiger partial charge in [0.1, 0.15) is 0 Å². The zero-order valence-corrected chi connectivity index (χ0v) is 9.86. The van der Waals surface area contributed by atoms with E-state index in [1.807, 2.05) is 0 Å². The first kappa shape index (κ1) is 12.4. The van der Waals surface area contributed by atoms with Crippen molar-refractivity contribution in [3.05, 3.63) is 0 Å². The molecule has 1 aliphatic rings. The van der Waals surface area contributed by atoms with Gasteiger partial charge in [-0.2, -0.15) is 0 Å². The molecule has 86 valence electrons. The zero-order valence-electron chi connectivity index (χ0n) is 8.23. The van der Waals surface area contributed by atoms with Crippen LogP contribution in [-0.4, -0.2) is 36.9 Å². The first-order valence-electron chi connectivity index (χ1n) is 4.67. The van der Waals surface area contributed by atoms with E-state index in [0.717, 1.165) is 0 Å². The predicted molar refractivity (Wildman–Crippen MR) is 61.2 cm³/mol. The Morgan fingerprint density at radius 1 is 1.47 bits per heavy atom. The molecule has 1 saturated heterocycles. The smallest absolute Gasteiger partial charge is 0.220 e. The summed E-state index contributed by atoms with van der Waals surface area (Å²) in [5.41, 5.74) is 5.25. The lowest BCUT2D eigenvalue weighted by atomic mass is 10.2. The molecule has 1 unspecified atom stereocenters. The van der Waals surface area contributed by atoms with E-state index in [4.69, 9.17) is 5.73 Å². The highest BCUT2D eigenvalue weighted by molar-refractivity contribution is 7.91. The zero-order chi connectivity index (χ0) is 11.5. The van der Waals surface area contributed by atoms with Gasteiger partial charge < -0.3 is 11.1 Å². The lowest BCUT2D eigenvalue weighted by Gasteiger charge is -2.09. The van der Waals surface area contributed by atoms with Crippen molar-refractivity contribution in [2.75, 3.05) is 11.5 Å². The Labute approximate surface area is 94.3 Å². The van der Waals surface area contributed by atoms with Gasteiger partial charge in [-0.15, -0.1) is 0 Å². The number of hydrogen-bond donors (Lipinski definition) is 2. The fraction of sp³-hybridized carbons (Fsp3) is 0.750. The van der Waals surface area contributed by atoms with Crippen LogP contribution in [0.3, 0.4) is 0 Å². The summed E-state index contributed by atoms with van der Waals surface area (Å²) in [6, 6.07) is -0.242. The highest BCUT2D eigenvalue weighted by Gasteiger charge is 2.28. The van der Waals surface area contributed by atoms with Crippen LogP contribution in [-0.2, 0) is 14.6 Å². The first-order chi connectivity index (χ1) is 6.89. The summed E-state index contributed by atoms with van der Waals surface area (Å²) in [5, 5.41) is 2.66. The molecule has 0 saturated carbocycles. The number of thiocarbonyl (C=S) groups is 1. The lowest BCUT2D eigenvalue weighted by Crippen LogP contribution is -2.35. The van der Waals surface area contributed by atoms with Gasteiger partial charge in [-0.25, -0.2) is 8.42 Å². The Morgan fingerprint density at radius 2 is 2.13 bits per heavy atom. The van der Waals surface area contributed by atoms with Crippen LogP contribution in [0.4, 0.5) is 0 Å². The van der Waals surface area contributed by atoms with Crippen molar-refractivity contribution >= 4 is 33.0 Å². The van der Waals surface area contributed by atoms with Gasteiger partial charge in [0, 0.05) is 18.9 Å². The summed E-state index contributed by atoms with van der Waals surface area (Å²) in [6.07, 6.45) is 1.09. The molecular weight excluding hydrogens is 236 g/mol. The molecule has 3 N–H and O–H groups in total. The van der Waals surface area contributed by atoms with E-state index >= 15 is 0 Å². The molecule has 0 aromatic carbocycles. The minimum atomic E-state index is -2.94. The van der Waals surface area contributed by atoms with E-state index in [-0.39, 0.29) is 29.9 Å². The average molecular weight is 250 g/mol. The number of nitrogens with one attached hydrogen (secondary N) is 1. The molecule has 5 nitrogen and oxygen atoms in total. The van der Waals surface area contributed by atoms with Crippen molar-refractivity contribution in [2.45, 2.75) is 25.3 Å². The average Bonchev–Trinajstić information content (AvgIpc) is 2.42. The number of nitrogens with two attached hydrogens (primary N) is 1. The molecule has 15 heavy (non-hydrogen) atoms. The molecule has 0 aromatic rings. The second-order valence-electron chi connectivity index (χ2n) is 3.63. The number of amides is 1. The summed E-state index contributed by atoms with van der Waals surface area (Å²) >= 11 is 4.63. The fourth-order valence-electron chi connectivity index (χ4n) is 1.45. The Morgan fingerprint density at radius 3 is 2.60 bits per heavy atom. The normalized spacial score (nSPS) is 23.6. The quantitative estimate of drug-likeness (QED) is 0.648. The van der Waals surface area contributed by atoms with Crippen molar-refractivity contribution < 1.29 is 13.2 Å². The monoisotopic (exact) mass is 250 g/mol. The van der Waals surface area contributed by atoms with Gasteiger partial charge in [-0.1, -0.05) is 12.2 Å². The van der Waals surface area contributed by atoms with Gasteiger partial charge in [0.05, 0.1) is 16.5 Å². The molecule has 1 aliphatic heterocycles. The maximum atomic E-state index is 11.3. The van der Waals surface area contributed by atoms with Crippen LogP contribution in [0.1, 0.15) is 19.3 Å². The molecule has 0 spiro atoms. The van der Waals surface area contributed by atoms with Crippen LogP contribution in [0.2, 0.25) is 0 Å². The molecule has 0 radical (unpaired) electrons. The van der Waals surface area contributed by atoms with Crippen molar-refractivity contribution in [3.8, 4) is 0 Å². The summed E-state index contributed by atoms with van der Waals surface area (Å²) < 4.78 is 22.2. The Bertz CT molecular complexity index is 364. The molecule has 1 amide bonds. The summed E-state index contributed by atoms with van der Waals surface area (Å²) in [7, 11) is -2.94. The number of hydrogen-bond acceptors (Lipinski definition) is 4. The number of carbonyl (C=O) groups is 1. The van der Waals surface area contributed by atoms with Crippen LogP contribution in [0.15, 0.2) is 0 Å². The summed E-state index contributed by atoms with van der Waals surface area (Å²) in [6.45, 7) is 0. The van der Waals surface area contributed by atoms with Crippen LogP contribution in [0.25, 0.3) is 0 Å². The number of carbonyl (C=O) groups excluding carboxylic acids is 1. The van der Waals surface area contributed by atoms with E-state index in [9.17, 15) is 13.2 Å². The largest absolute Gasteiger partial charge is 0.393 e. The maximum absolute atomic E-state index is 11.3. The standard InChI is InChI=1S/C8H14N2O3S2/c9-7(14)1-2-8(11)10-6-3-4-15(12,13)5-6/h6H,1-5H2,(H2,9,14)(H,10,11). The Balaban J connectivity index is 2.31. The summed E-state index contributed by atoms with van der Waals surface area (Å²) in [5.74, 6) is 0.0175. The van der Waals surface area contributed by atoms with Gasteiger partial charge in [-0.3, -0.25) is 4.79 Å².